The van der Waals surface area contributed by atoms with Gasteiger partial charge in [-0.3, -0.25) is 0 Å². The summed E-state index contributed by atoms with van der Waals surface area (Å²) in [7, 11) is 0. The van der Waals surface area contributed by atoms with Crippen molar-refractivity contribution in [1.82, 2.24) is 15.3 Å². The summed E-state index contributed by atoms with van der Waals surface area (Å²) < 4.78 is 0. The van der Waals surface area contributed by atoms with Gasteiger partial charge in [-0.15, -0.1) is 0 Å². The van der Waals surface area contributed by atoms with Crippen molar-refractivity contribution >= 4 is 44.9 Å². The SMILES string of the molecule is CC=c1[nH]c2c(c3c(c4c5ccccc5[nH]c24)C(C)NC3)c1=CC. The molecule has 0 amide bonds. The number of rotatable bonds is 0. The van der Waals surface area contributed by atoms with Gasteiger partial charge in [0.25, 0.3) is 0 Å². The molecule has 5 rings (SSSR count). The average Bonchev–Trinajstić information content (AvgIpc) is 3.26. The summed E-state index contributed by atoms with van der Waals surface area (Å²) in [5.74, 6) is 0. The first-order chi connectivity index (χ1) is 11.7. The third-order valence-corrected chi connectivity index (χ3v) is 5.52. The van der Waals surface area contributed by atoms with E-state index in [4.69, 9.17) is 0 Å². The summed E-state index contributed by atoms with van der Waals surface area (Å²) >= 11 is 0. The zero-order valence-electron chi connectivity index (χ0n) is 14.2. The van der Waals surface area contributed by atoms with Gasteiger partial charge in [-0.25, -0.2) is 0 Å². The number of H-pyrrole nitrogens is 2. The van der Waals surface area contributed by atoms with E-state index in [0.717, 1.165) is 6.54 Å². The van der Waals surface area contributed by atoms with Gasteiger partial charge in [0.2, 0.25) is 0 Å². The fraction of sp³-hybridized carbons (Fsp3) is 0.238. The zero-order chi connectivity index (χ0) is 16.4. The molecule has 0 radical (unpaired) electrons. The standard InChI is InChI=1S/C21H21N3/c1-4-12-15(5-2)23-20-18(12)14-10-22-11(3)17(14)19-13-8-6-7-9-16(13)24-21(19)20/h4-9,11,22-24H,10H2,1-3H3. The highest BCUT2D eigenvalue weighted by molar-refractivity contribution is 6.19. The first-order valence-electron chi connectivity index (χ1n) is 8.67. The minimum Gasteiger partial charge on any atom is -0.353 e. The van der Waals surface area contributed by atoms with Crippen LogP contribution in [0.2, 0.25) is 0 Å². The molecule has 120 valence electrons. The molecular weight excluding hydrogens is 294 g/mol. The predicted octanol–water partition coefficient (Wildman–Crippen LogP) is 3.57. The Morgan fingerprint density at radius 2 is 1.79 bits per heavy atom. The van der Waals surface area contributed by atoms with Gasteiger partial charge in [-0.05, 0) is 38.0 Å². The van der Waals surface area contributed by atoms with Crippen LogP contribution in [0.5, 0.6) is 0 Å². The highest BCUT2D eigenvalue weighted by Crippen LogP contribution is 2.40. The molecular formula is C21H21N3. The van der Waals surface area contributed by atoms with Crippen LogP contribution in [0.25, 0.3) is 44.9 Å². The van der Waals surface area contributed by atoms with Crippen LogP contribution in [0.15, 0.2) is 24.3 Å². The molecule has 3 N–H and O–H groups in total. The second kappa shape index (κ2) is 4.74. The number of aromatic nitrogens is 2. The summed E-state index contributed by atoms with van der Waals surface area (Å²) in [6.07, 6.45) is 4.40. The number of hydrogen-bond acceptors (Lipinski definition) is 1. The van der Waals surface area contributed by atoms with Crippen molar-refractivity contribution in [1.29, 1.82) is 0 Å². The minimum absolute atomic E-state index is 0.375. The first-order valence-corrected chi connectivity index (χ1v) is 8.67. The van der Waals surface area contributed by atoms with Crippen molar-refractivity contribution in [2.75, 3.05) is 0 Å². The number of hydrogen-bond donors (Lipinski definition) is 3. The summed E-state index contributed by atoms with van der Waals surface area (Å²) in [6, 6.07) is 9.00. The fourth-order valence-electron chi connectivity index (χ4n) is 4.48. The molecule has 0 aliphatic carbocycles. The second-order valence-electron chi connectivity index (χ2n) is 6.70. The van der Waals surface area contributed by atoms with Crippen LogP contribution < -0.4 is 15.9 Å². The number of fused-ring (bicyclic) bond motifs is 8. The number of aromatic amines is 2. The molecule has 4 aromatic rings. The lowest BCUT2D eigenvalue weighted by atomic mass is 9.95. The molecule has 0 spiro atoms. The Morgan fingerprint density at radius 3 is 2.58 bits per heavy atom. The average molecular weight is 315 g/mol. The van der Waals surface area contributed by atoms with E-state index in [0.29, 0.717) is 6.04 Å². The van der Waals surface area contributed by atoms with Crippen LogP contribution in [0.3, 0.4) is 0 Å². The molecule has 0 saturated carbocycles. The van der Waals surface area contributed by atoms with Crippen LogP contribution in [0.4, 0.5) is 0 Å². The molecule has 1 aliphatic heterocycles. The number of para-hydroxylation sites is 1. The topological polar surface area (TPSA) is 43.6 Å². The smallest absolute Gasteiger partial charge is 0.0714 e. The third-order valence-electron chi connectivity index (χ3n) is 5.52. The molecule has 0 saturated heterocycles. The van der Waals surface area contributed by atoms with Gasteiger partial charge < -0.3 is 15.3 Å². The van der Waals surface area contributed by atoms with Crippen LogP contribution in [-0.2, 0) is 6.54 Å². The van der Waals surface area contributed by atoms with Crippen LogP contribution >= 0.6 is 0 Å². The van der Waals surface area contributed by atoms with E-state index >= 15 is 0 Å². The molecule has 2 aromatic carbocycles. The summed E-state index contributed by atoms with van der Waals surface area (Å²) in [5, 5.41) is 10.2. The maximum absolute atomic E-state index is 3.67. The monoisotopic (exact) mass is 315 g/mol. The van der Waals surface area contributed by atoms with Crippen molar-refractivity contribution in [3.8, 4) is 0 Å². The molecule has 1 atom stereocenters. The maximum Gasteiger partial charge on any atom is 0.0714 e. The first kappa shape index (κ1) is 13.9. The van der Waals surface area contributed by atoms with E-state index in [-0.39, 0.29) is 0 Å². The number of benzene rings is 2. The Bertz CT molecular complexity index is 1240. The van der Waals surface area contributed by atoms with Crippen molar-refractivity contribution < 1.29 is 0 Å². The molecule has 1 unspecified atom stereocenters. The largest absolute Gasteiger partial charge is 0.353 e. The lowest BCUT2D eigenvalue weighted by molar-refractivity contribution is 0.636. The molecule has 0 fully saturated rings. The van der Waals surface area contributed by atoms with Crippen molar-refractivity contribution in [2.45, 2.75) is 33.4 Å². The van der Waals surface area contributed by atoms with Crippen LogP contribution in [-0.4, -0.2) is 9.97 Å². The van der Waals surface area contributed by atoms with Crippen LogP contribution in [0.1, 0.15) is 37.9 Å². The summed E-state index contributed by atoms with van der Waals surface area (Å²) in [4.78, 5) is 7.34. The van der Waals surface area contributed by atoms with Gasteiger partial charge in [-0.1, -0.05) is 30.4 Å². The normalized spacial score (nSPS) is 19.2. The van der Waals surface area contributed by atoms with Gasteiger partial charge in [0.15, 0.2) is 0 Å². The molecule has 3 nitrogen and oxygen atoms in total. The zero-order valence-corrected chi connectivity index (χ0v) is 14.2. The van der Waals surface area contributed by atoms with Crippen molar-refractivity contribution in [3.05, 3.63) is 46.0 Å². The Labute approximate surface area is 140 Å². The predicted molar refractivity (Wildman–Crippen MR) is 102 cm³/mol. The second-order valence-corrected chi connectivity index (χ2v) is 6.70. The molecule has 24 heavy (non-hydrogen) atoms. The Balaban J connectivity index is 2.19. The van der Waals surface area contributed by atoms with Gasteiger partial charge >= 0.3 is 0 Å². The van der Waals surface area contributed by atoms with E-state index in [2.05, 4.69) is 72.5 Å². The van der Waals surface area contributed by atoms with Gasteiger partial charge in [-0.2, -0.15) is 0 Å². The third kappa shape index (κ3) is 1.55. The van der Waals surface area contributed by atoms with E-state index in [1.807, 2.05) is 0 Å². The molecule has 2 aromatic heterocycles. The van der Waals surface area contributed by atoms with E-state index in [1.165, 1.54) is 54.4 Å². The van der Waals surface area contributed by atoms with E-state index < -0.39 is 0 Å². The summed E-state index contributed by atoms with van der Waals surface area (Å²) in [5.41, 5.74) is 6.58. The Morgan fingerprint density at radius 1 is 1.00 bits per heavy atom. The van der Waals surface area contributed by atoms with E-state index in [1.54, 1.807) is 0 Å². The Kier molecular flexibility index (Phi) is 2.74. The lowest BCUT2D eigenvalue weighted by Gasteiger charge is -2.09. The van der Waals surface area contributed by atoms with Gasteiger partial charge in [0.1, 0.15) is 0 Å². The maximum atomic E-state index is 3.67. The highest BCUT2D eigenvalue weighted by Gasteiger charge is 2.27. The number of nitrogens with one attached hydrogen (secondary N) is 3. The van der Waals surface area contributed by atoms with E-state index in [9.17, 15) is 0 Å². The minimum atomic E-state index is 0.375. The molecule has 3 heteroatoms. The Hall–Kier alpha value is -2.52. The van der Waals surface area contributed by atoms with Crippen molar-refractivity contribution in [2.24, 2.45) is 0 Å². The van der Waals surface area contributed by atoms with Crippen molar-refractivity contribution in [3.63, 3.8) is 0 Å². The quantitative estimate of drug-likeness (QED) is 0.456. The van der Waals surface area contributed by atoms with Crippen LogP contribution in [0, 0.1) is 0 Å². The lowest BCUT2D eigenvalue weighted by Crippen LogP contribution is -2.22. The van der Waals surface area contributed by atoms with Gasteiger partial charge in [0.05, 0.1) is 11.0 Å². The fourth-order valence-corrected chi connectivity index (χ4v) is 4.48. The molecule has 3 heterocycles. The molecule has 1 aliphatic rings. The molecule has 0 bridgehead atoms. The van der Waals surface area contributed by atoms with Gasteiger partial charge in [0, 0.05) is 44.8 Å². The summed E-state index contributed by atoms with van der Waals surface area (Å²) in [6.45, 7) is 7.43. The highest BCUT2D eigenvalue weighted by atomic mass is 14.9.